The molecule has 4 rings (SSSR count). The van der Waals surface area contributed by atoms with Crippen molar-refractivity contribution < 1.29 is 97.5 Å². The number of benzene rings is 3. The van der Waals surface area contributed by atoms with Gasteiger partial charge in [0, 0.05) is 54.5 Å². The van der Waals surface area contributed by atoms with Crippen LogP contribution in [0, 0.1) is 5.92 Å². The zero-order chi connectivity index (χ0) is 58.6. The van der Waals surface area contributed by atoms with Crippen LogP contribution in [0.2, 0.25) is 0 Å². The number of carbonyl (C=O) groups is 10. The number of aromatic nitrogens is 3. The monoisotopic (exact) mass is 1120 g/mol. The van der Waals surface area contributed by atoms with Gasteiger partial charge < -0.3 is 81.9 Å². The van der Waals surface area contributed by atoms with Gasteiger partial charge in [-0.05, 0) is 72.9 Å². The second-order valence-electron chi connectivity index (χ2n) is 17.1. The Morgan fingerprint density at radius 2 is 1.04 bits per heavy atom. The van der Waals surface area contributed by atoms with Gasteiger partial charge >= 0.3 is 47.9 Å². The summed E-state index contributed by atoms with van der Waals surface area (Å²) in [6.45, 7) is 2.84. The summed E-state index contributed by atoms with van der Waals surface area (Å²) < 4.78 is 23.1. The fourth-order valence-electron chi connectivity index (χ4n) is 6.92. The van der Waals surface area contributed by atoms with E-state index in [1.165, 1.54) is 77.6 Å². The van der Waals surface area contributed by atoms with Crippen LogP contribution < -0.4 is 32.3 Å². The first-order chi connectivity index (χ1) is 38.2. The molecule has 30 nitrogen and oxygen atoms in total. The number of urea groups is 2. The van der Waals surface area contributed by atoms with Gasteiger partial charge in [-0.15, -0.1) is 5.10 Å². The number of nitrogens with zero attached hydrogens (tertiary/aromatic N) is 4. The highest BCUT2D eigenvalue weighted by Crippen LogP contribution is 2.21. The Balaban J connectivity index is 1.48. The number of anilines is 2. The Hall–Kier alpha value is -9.23. The third-order valence-corrected chi connectivity index (χ3v) is 11.0. The standard InChI is InChI=1S/C50H60N10O20/c51-13-14-77-15-16-78-17-18-79-19-20-80-28-36-27-60(59-58-36)37-24-31(43(65)53-34-5-1-29(2-6-34)21-33(45(67)68)26-52-49(75)55-38(46(69)70)9-11-41(61)62)23-32(25-37)44(66)54-35-7-3-30(4-8-35)22-40(48(73)74)57-50(76)56-39(47(71)72)10-12-42(63)64/h1-8,23-27,33,38-40H,9-22,28,51H2,(H,53,65)(H,54,66)(H,55,75)(H,61,62)(H,63,64)(H,67,68)(H,69,70)(H,71,72)(H,73,74)(H2,56,57,76). The molecule has 3 aromatic carbocycles. The normalized spacial score (nSPS) is 12.6. The smallest absolute Gasteiger partial charge is 0.341 e. The van der Waals surface area contributed by atoms with Gasteiger partial charge in [0.15, 0.2) is 0 Å². The molecule has 0 saturated heterocycles. The molecule has 0 fully saturated rings. The number of carboxylic acid groups (broad SMARTS) is 6. The van der Waals surface area contributed by atoms with Gasteiger partial charge in [-0.1, -0.05) is 29.5 Å². The molecule has 4 atom stereocenters. The second kappa shape index (κ2) is 33.1. The second-order valence-corrected chi connectivity index (χ2v) is 17.1. The number of nitrogens with one attached hydrogen (secondary N) is 5. The number of carboxylic acids is 6. The van der Waals surface area contributed by atoms with Crippen LogP contribution in [0.15, 0.2) is 77.9 Å². The number of ether oxygens (including phenoxy) is 4. The number of hydrogen-bond donors (Lipinski definition) is 12. The van der Waals surface area contributed by atoms with Gasteiger partial charge in [-0.25, -0.2) is 33.6 Å². The Labute approximate surface area is 454 Å². The van der Waals surface area contributed by atoms with Crippen LogP contribution in [0.4, 0.5) is 21.0 Å². The number of aliphatic imine (C=N–C) groups is 1. The van der Waals surface area contributed by atoms with E-state index in [4.69, 9.17) is 34.9 Å². The van der Waals surface area contributed by atoms with Crippen LogP contribution in [-0.2, 0) is 67.2 Å². The molecule has 4 unspecified atom stereocenters. The van der Waals surface area contributed by atoms with Gasteiger partial charge in [-0.3, -0.25) is 24.0 Å². The number of nitrogens with two attached hydrogens (primary N) is 1. The summed E-state index contributed by atoms with van der Waals surface area (Å²) in [5.41, 5.74) is 7.15. The molecule has 13 N–H and O–H groups in total. The van der Waals surface area contributed by atoms with E-state index in [0.717, 1.165) is 6.21 Å². The minimum absolute atomic E-state index is 0.0207. The maximum atomic E-state index is 13.9. The number of amides is 6. The van der Waals surface area contributed by atoms with E-state index >= 15 is 0 Å². The summed E-state index contributed by atoms with van der Waals surface area (Å²) in [6.07, 6.45) is -0.172. The summed E-state index contributed by atoms with van der Waals surface area (Å²) >= 11 is 0. The Morgan fingerprint density at radius 3 is 1.51 bits per heavy atom. The van der Waals surface area contributed by atoms with E-state index in [1.54, 1.807) is 0 Å². The van der Waals surface area contributed by atoms with Crippen LogP contribution >= 0.6 is 0 Å². The van der Waals surface area contributed by atoms with Crippen molar-refractivity contribution in [2.75, 3.05) is 63.4 Å². The van der Waals surface area contributed by atoms with E-state index in [9.17, 15) is 68.4 Å². The van der Waals surface area contributed by atoms with Crippen molar-refractivity contribution in [2.45, 2.75) is 63.3 Å². The Morgan fingerprint density at radius 1 is 0.575 bits per heavy atom. The molecule has 6 amide bonds. The minimum atomic E-state index is -1.61. The molecule has 1 aromatic heterocycles. The zero-order valence-corrected chi connectivity index (χ0v) is 42.7. The van der Waals surface area contributed by atoms with Crippen molar-refractivity contribution in [3.05, 3.63) is 101 Å². The van der Waals surface area contributed by atoms with Crippen molar-refractivity contribution in [3.63, 3.8) is 0 Å². The molecule has 80 heavy (non-hydrogen) atoms. The molecule has 1 heterocycles. The van der Waals surface area contributed by atoms with Crippen molar-refractivity contribution in [2.24, 2.45) is 16.6 Å². The molecule has 0 aliphatic heterocycles. The lowest BCUT2D eigenvalue weighted by Crippen LogP contribution is -2.51. The first kappa shape index (κ1) is 63.3. The van der Waals surface area contributed by atoms with E-state index in [-0.39, 0.29) is 60.9 Å². The van der Waals surface area contributed by atoms with E-state index < -0.39 is 109 Å². The van der Waals surface area contributed by atoms with Crippen LogP contribution in [0.1, 0.15) is 63.2 Å². The highest BCUT2D eigenvalue weighted by molar-refractivity contribution is 6.09. The van der Waals surface area contributed by atoms with Crippen molar-refractivity contribution in [1.29, 1.82) is 0 Å². The van der Waals surface area contributed by atoms with E-state index in [1.807, 2.05) is 5.32 Å². The molecular weight excluding hydrogens is 1060 g/mol. The highest BCUT2D eigenvalue weighted by atomic mass is 16.6. The summed E-state index contributed by atoms with van der Waals surface area (Å²) in [7, 11) is 0. The van der Waals surface area contributed by atoms with Crippen LogP contribution in [-0.4, -0.2) is 182 Å². The highest BCUT2D eigenvalue weighted by Gasteiger charge is 2.26. The summed E-state index contributed by atoms with van der Waals surface area (Å²) in [6, 6.07) is 8.77. The maximum Gasteiger partial charge on any atom is 0.341 e. The predicted octanol–water partition coefficient (Wildman–Crippen LogP) is 1.25. The Kier molecular flexibility index (Phi) is 26.2. The average Bonchev–Trinajstić information content (AvgIpc) is 3.89. The summed E-state index contributed by atoms with van der Waals surface area (Å²) in [5, 5.41) is 75.9. The van der Waals surface area contributed by atoms with Crippen LogP contribution in [0.3, 0.4) is 0 Å². The third-order valence-electron chi connectivity index (χ3n) is 11.0. The zero-order valence-electron chi connectivity index (χ0n) is 42.7. The van der Waals surface area contributed by atoms with Crippen molar-refractivity contribution in [3.8, 4) is 5.69 Å². The number of aliphatic carboxylic acids is 6. The predicted molar refractivity (Wildman–Crippen MR) is 277 cm³/mol. The minimum Gasteiger partial charge on any atom is -0.481 e. The lowest BCUT2D eigenvalue weighted by atomic mass is 10.0. The van der Waals surface area contributed by atoms with Gasteiger partial charge in [0.05, 0.1) is 70.7 Å². The Bertz CT molecular complexity index is 2810. The molecule has 0 radical (unpaired) electrons. The van der Waals surface area contributed by atoms with Gasteiger partial charge in [0.1, 0.15) is 23.8 Å². The average molecular weight is 1120 g/mol. The van der Waals surface area contributed by atoms with Gasteiger partial charge in [-0.2, -0.15) is 0 Å². The largest absolute Gasteiger partial charge is 0.481 e. The third kappa shape index (κ3) is 23.2. The van der Waals surface area contributed by atoms with Gasteiger partial charge in [0.25, 0.3) is 11.8 Å². The summed E-state index contributed by atoms with van der Waals surface area (Å²) in [4.78, 5) is 125. The molecule has 0 aliphatic rings. The fourth-order valence-corrected chi connectivity index (χ4v) is 6.92. The molecule has 0 aliphatic carbocycles. The molecule has 0 bridgehead atoms. The molecule has 430 valence electrons. The van der Waals surface area contributed by atoms with Crippen molar-refractivity contribution in [1.82, 2.24) is 30.9 Å². The van der Waals surface area contributed by atoms with Crippen LogP contribution in [0.5, 0.6) is 0 Å². The number of hydrogen-bond acceptors (Lipinski definition) is 17. The lowest BCUT2D eigenvalue weighted by molar-refractivity contribution is -0.142. The first-order valence-electron chi connectivity index (χ1n) is 24.4. The van der Waals surface area contributed by atoms with E-state index in [0.29, 0.717) is 56.4 Å². The van der Waals surface area contributed by atoms with Crippen molar-refractivity contribution >= 4 is 77.3 Å². The molecule has 4 aromatic rings. The molecule has 30 heteroatoms. The first-order valence-corrected chi connectivity index (χ1v) is 24.4. The number of carbonyl (C=O) groups excluding carboxylic acids is 4. The topological polar surface area (TPSA) is 458 Å². The number of rotatable bonds is 36. The molecule has 0 saturated carbocycles. The summed E-state index contributed by atoms with van der Waals surface area (Å²) in [5.74, 6) is -11.2. The lowest BCUT2D eigenvalue weighted by Gasteiger charge is -2.18. The van der Waals surface area contributed by atoms with Gasteiger partial charge in [0.2, 0.25) is 0 Å². The van der Waals surface area contributed by atoms with E-state index in [2.05, 4.69) is 36.6 Å². The van der Waals surface area contributed by atoms with Crippen LogP contribution in [0.25, 0.3) is 5.69 Å². The quantitative estimate of drug-likeness (QED) is 0.0225. The molecule has 0 spiro atoms. The maximum absolute atomic E-state index is 13.9. The molecular formula is C50H60N10O20. The fraction of sp³-hybridized carbons (Fsp3) is 0.380. The SMILES string of the molecule is NCCOCCOCCOCCOCc1cn(-c2cc(C(=O)Nc3ccc(CC(C=NC(=O)NC(CCC(=O)O)C(=O)O)C(=O)O)cc3)cc(C(=O)Nc3ccc(CC(NC(=O)NC(CCC(=O)O)C(=O)O)C(=O)O)cc3)c2)nn1.